The lowest BCUT2D eigenvalue weighted by Gasteiger charge is -2.39. The number of halogens is 1. The summed E-state index contributed by atoms with van der Waals surface area (Å²) in [6.45, 7) is 5.86. The van der Waals surface area contributed by atoms with Crippen LogP contribution in [-0.4, -0.2) is 39.8 Å². The van der Waals surface area contributed by atoms with Crippen molar-refractivity contribution in [3.05, 3.63) is 29.8 Å². The summed E-state index contributed by atoms with van der Waals surface area (Å²) in [5.74, 6) is -0.480. The maximum absolute atomic E-state index is 13.6. The molecule has 2 aliphatic heterocycles. The van der Waals surface area contributed by atoms with E-state index in [1.807, 2.05) is 25.7 Å². The lowest BCUT2D eigenvalue weighted by molar-refractivity contribution is -0.0402. The van der Waals surface area contributed by atoms with Gasteiger partial charge in [-0.3, -0.25) is 0 Å². The number of fused-ring (bicyclic) bond motifs is 2. The van der Waals surface area contributed by atoms with Gasteiger partial charge in [-0.15, -0.1) is 0 Å². The second-order valence-corrected chi connectivity index (χ2v) is 7.63. The zero-order chi connectivity index (χ0) is 17.3. The largest absolute Gasteiger partial charge is 0.444 e. The summed E-state index contributed by atoms with van der Waals surface area (Å²) in [6.07, 6.45) is 4.75. The fraction of sp³-hybridized carbons (Fsp3) is 0.667. The number of piperidine rings is 1. The van der Waals surface area contributed by atoms with Gasteiger partial charge in [-0.1, -0.05) is 6.07 Å². The van der Waals surface area contributed by atoms with Crippen LogP contribution in [0.3, 0.4) is 0 Å². The van der Waals surface area contributed by atoms with E-state index in [4.69, 9.17) is 9.47 Å². The normalized spacial score (nSPS) is 26.5. The molecule has 132 valence electrons. The van der Waals surface area contributed by atoms with Gasteiger partial charge in [-0.05, 0) is 52.5 Å². The van der Waals surface area contributed by atoms with Crippen molar-refractivity contribution in [2.75, 3.05) is 0 Å². The minimum Gasteiger partial charge on any atom is -0.444 e. The van der Waals surface area contributed by atoms with Crippen molar-refractivity contribution in [2.24, 2.45) is 0 Å². The molecule has 0 spiro atoms. The number of amides is 1. The lowest BCUT2D eigenvalue weighted by Crippen LogP contribution is -2.50. The van der Waals surface area contributed by atoms with E-state index in [0.29, 0.717) is 5.56 Å². The molecule has 0 aromatic carbocycles. The summed E-state index contributed by atoms with van der Waals surface area (Å²) in [5.41, 5.74) is -0.0127. The van der Waals surface area contributed by atoms with Crippen LogP contribution in [0.25, 0.3) is 0 Å². The van der Waals surface area contributed by atoms with Crippen molar-refractivity contribution >= 4 is 6.09 Å². The molecule has 0 unspecified atom stereocenters. The number of hydrogen-bond acceptors (Lipinski definition) is 4. The number of pyridine rings is 1. The summed E-state index contributed by atoms with van der Waals surface area (Å²) >= 11 is 0. The number of carbonyl (C=O) groups is 1. The third-order valence-electron chi connectivity index (χ3n) is 4.61. The first-order valence-corrected chi connectivity index (χ1v) is 8.56. The number of ether oxygens (including phenoxy) is 2. The van der Waals surface area contributed by atoms with Gasteiger partial charge < -0.3 is 14.4 Å². The fourth-order valence-electron chi connectivity index (χ4n) is 3.61. The predicted octanol–water partition coefficient (Wildman–Crippen LogP) is 3.67. The van der Waals surface area contributed by atoms with Crippen LogP contribution in [0.15, 0.2) is 18.3 Å². The summed E-state index contributed by atoms with van der Waals surface area (Å²) in [5, 5.41) is 0. The van der Waals surface area contributed by atoms with Gasteiger partial charge in [0.15, 0.2) is 0 Å². The Kier molecular flexibility index (Phi) is 4.76. The molecule has 3 rings (SSSR count). The molecule has 2 aliphatic rings. The zero-order valence-corrected chi connectivity index (χ0v) is 14.5. The van der Waals surface area contributed by atoms with E-state index in [9.17, 15) is 9.18 Å². The first-order valence-electron chi connectivity index (χ1n) is 8.56. The number of carbonyl (C=O) groups excluding carboxylic acids is 1. The molecular weight excluding hydrogens is 311 g/mol. The van der Waals surface area contributed by atoms with E-state index >= 15 is 0 Å². The van der Waals surface area contributed by atoms with Crippen LogP contribution < -0.4 is 0 Å². The Labute approximate surface area is 142 Å². The third-order valence-corrected chi connectivity index (χ3v) is 4.61. The molecule has 3 atom stereocenters. The van der Waals surface area contributed by atoms with E-state index in [1.165, 1.54) is 6.20 Å². The highest BCUT2D eigenvalue weighted by Crippen LogP contribution is 2.38. The topological polar surface area (TPSA) is 51.7 Å². The molecule has 0 N–H and O–H groups in total. The second kappa shape index (κ2) is 6.67. The average Bonchev–Trinajstić information content (AvgIpc) is 2.76. The summed E-state index contributed by atoms with van der Waals surface area (Å²) < 4.78 is 25.0. The Morgan fingerprint density at radius 3 is 2.58 bits per heavy atom. The average molecular weight is 336 g/mol. The highest BCUT2D eigenvalue weighted by molar-refractivity contribution is 5.69. The van der Waals surface area contributed by atoms with Crippen LogP contribution in [0.5, 0.6) is 0 Å². The second-order valence-electron chi connectivity index (χ2n) is 7.63. The Morgan fingerprint density at radius 1 is 1.33 bits per heavy atom. The standard InChI is InChI=1S/C18H25FN2O3/c1-18(2,3)24-17(22)21-13-6-7-14(21)10-15(9-13)23-11-12-5-4-8-20-16(12)19/h4-5,8,13-15H,6-7,9-11H2,1-3H3/t13-,14+,15+. The molecule has 0 radical (unpaired) electrons. The Hall–Kier alpha value is -1.69. The van der Waals surface area contributed by atoms with Gasteiger partial charge in [-0.25, -0.2) is 9.78 Å². The minimum absolute atomic E-state index is 0.0424. The SMILES string of the molecule is CC(C)(C)OC(=O)N1[C@@H]2CC[C@H]1C[C@@H](OCc1cccnc1F)C2. The van der Waals surface area contributed by atoms with Gasteiger partial charge in [0.1, 0.15) is 5.60 Å². The molecule has 2 bridgehead atoms. The molecule has 1 amide bonds. The molecule has 0 saturated carbocycles. The molecule has 0 aliphatic carbocycles. The summed E-state index contributed by atoms with van der Waals surface area (Å²) in [7, 11) is 0. The minimum atomic E-state index is -0.484. The first-order chi connectivity index (χ1) is 11.3. The van der Waals surface area contributed by atoms with Gasteiger partial charge in [0.2, 0.25) is 5.95 Å². The maximum Gasteiger partial charge on any atom is 0.410 e. The Balaban J connectivity index is 1.57. The fourth-order valence-corrected chi connectivity index (χ4v) is 3.61. The highest BCUT2D eigenvalue weighted by atomic mass is 19.1. The van der Waals surface area contributed by atoms with Crippen LogP contribution in [0, 0.1) is 5.95 Å². The molecule has 6 heteroatoms. The number of rotatable bonds is 3. The first kappa shape index (κ1) is 17.1. The lowest BCUT2D eigenvalue weighted by atomic mass is 10.00. The Bertz CT molecular complexity index is 588. The van der Waals surface area contributed by atoms with Gasteiger partial charge >= 0.3 is 6.09 Å². The van der Waals surface area contributed by atoms with Crippen LogP contribution in [-0.2, 0) is 16.1 Å². The number of hydrogen-bond donors (Lipinski definition) is 0. The van der Waals surface area contributed by atoms with Crippen molar-refractivity contribution in [1.82, 2.24) is 9.88 Å². The maximum atomic E-state index is 13.6. The van der Waals surface area contributed by atoms with Gasteiger partial charge in [0, 0.05) is 23.8 Å². The van der Waals surface area contributed by atoms with Gasteiger partial charge in [0.05, 0.1) is 12.7 Å². The molecule has 5 nitrogen and oxygen atoms in total. The van der Waals surface area contributed by atoms with Crippen molar-refractivity contribution in [1.29, 1.82) is 0 Å². The molecule has 24 heavy (non-hydrogen) atoms. The van der Waals surface area contributed by atoms with E-state index in [1.54, 1.807) is 12.1 Å². The summed E-state index contributed by atoms with van der Waals surface area (Å²) in [4.78, 5) is 17.9. The molecule has 2 saturated heterocycles. The van der Waals surface area contributed by atoms with Gasteiger partial charge in [-0.2, -0.15) is 4.39 Å². The van der Waals surface area contributed by atoms with Crippen molar-refractivity contribution in [2.45, 2.75) is 76.9 Å². The zero-order valence-electron chi connectivity index (χ0n) is 14.5. The molecular formula is C18H25FN2O3. The van der Waals surface area contributed by atoms with Gasteiger partial charge in [0.25, 0.3) is 0 Å². The third kappa shape index (κ3) is 3.86. The van der Waals surface area contributed by atoms with Crippen molar-refractivity contribution in [3.8, 4) is 0 Å². The molecule has 2 fully saturated rings. The van der Waals surface area contributed by atoms with Crippen LogP contribution in [0.4, 0.5) is 9.18 Å². The van der Waals surface area contributed by atoms with E-state index in [0.717, 1.165) is 25.7 Å². The van der Waals surface area contributed by atoms with E-state index in [-0.39, 0.29) is 30.9 Å². The molecule has 3 heterocycles. The number of nitrogens with zero attached hydrogens (tertiary/aromatic N) is 2. The quantitative estimate of drug-likeness (QED) is 0.790. The highest BCUT2D eigenvalue weighted by Gasteiger charge is 2.45. The van der Waals surface area contributed by atoms with E-state index in [2.05, 4.69) is 4.98 Å². The van der Waals surface area contributed by atoms with Crippen LogP contribution in [0.2, 0.25) is 0 Å². The summed E-state index contributed by atoms with van der Waals surface area (Å²) in [6, 6.07) is 3.70. The molecule has 1 aromatic rings. The van der Waals surface area contributed by atoms with Crippen molar-refractivity contribution < 1.29 is 18.7 Å². The predicted molar refractivity (Wildman–Crippen MR) is 86.9 cm³/mol. The molecule has 1 aromatic heterocycles. The Morgan fingerprint density at radius 2 is 2.00 bits per heavy atom. The van der Waals surface area contributed by atoms with Crippen LogP contribution in [0.1, 0.15) is 52.0 Å². The van der Waals surface area contributed by atoms with Crippen LogP contribution >= 0.6 is 0 Å². The monoisotopic (exact) mass is 336 g/mol. The smallest absolute Gasteiger partial charge is 0.410 e. The van der Waals surface area contributed by atoms with Crippen molar-refractivity contribution in [3.63, 3.8) is 0 Å². The van der Waals surface area contributed by atoms with E-state index < -0.39 is 11.5 Å². The number of aromatic nitrogens is 1.